The van der Waals surface area contributed by atoms with Crippen LogP contribution in [0, 0.1) is 0 Å². The van der Waals surface area contributed by atoms with Crippen molar-refractivity contribution in [3.05, 3.63) is 30.6 Å². The van der Waals surface area contributed by atoms with Crippen molar-refractivity contribution in [1.82, 2.24) is 15.3 Å². The van der Waals surface area contributed by atoms with E-state index in [2.05, 4.69) is 15.3 Å². The highest BCUT2D eigenvalue weighted by Gasteiger charge is 2.16. The van der Waals surface area contributed by atoms with Crippen molar-refractivity contribution in [3.8, 4) is 5.88 Å². The first-order valence-corrected chi connectivity index (χ1v) is 6.00. The topological polar surface area (TPSA) is 47.0 Å². The standard InChI is InChI=1S/C13H15N3O/c1-2-6-12-11(5-1)13(16-9-15-12)17-10-4-3-7-14-8-10/h1-2,5-6,9-10,14H,3-4,7-8H2/t10-/m0/s1. The summed E-state index contributed by atoms with van der Waals surface area (Å²) in [5.74, 6) is 0.698. The first kappa shape index (κ1) is 10.5. The number of hydrogen-bond acceptors (Lipinski definition) is 4. The zero-order valence-corrected chi connectivity index (χ0v) is 9.60. The molecule has 0 spiro atoms. The number of nitrogens with one attached hydrogen (secondary N) is 1. The van der Waals surface area contributed by atoms with E-state index in [9.17, 15) is 0 Å². The van der Waals surface area contributed by atoms with Crippen LogP contribution in [0.2, 0.25) is 0 Å². The first-order chi connectivity index (χ1) is 8.43. The quantitative estimate of drug-likeness (QED) is 0.852. The molecule has 0 radical (unpaired) electrons. The van der Waals surface area contributed by atoms with Gasteiger partial charge in [-0.2, -0.15) is 0 Å². The van der Waals surface area contributed by atoms with Crippen LogP contribution in [0.4, 0.5) is 0 Å². The van der Waals surface area contributed by atoms with Gasteiger partial charge in [-0.05, 0) is 31.5 Å². The maximum absolute atomic E-state index is 5.95. The number of ether oxygens (including phenoxy) is 1. The third-order valence-electron chi connectivity index (χ3n) is 3.04. The van der Waals surface area contributed by atoms with Crippen molar-refractivity contribution in [2.45, 2.75) is 18.9 Å². The molecule has 1 aliphatic rings. The zero-order valence-electron chi connectivity index (χ0n) is 9.60. The van der Waals surface area contributed by atoms with Gasteiger partial charge < -0.3 is 10.1 Å². The fourth-order valence-electron chi connectivity index (χ4n) is 2.15. The van der Waals surface area contributed by atoms with E-state index in [1.54, 1.807) is 6.33 Å². The summed E-state index contributed by atoms with van der Waals surface area (Å²) in [6.45, 7) is 1.99. The molecule has 0 aliphatic carbocycles. The van der Waals surface area contributed by atoms with Gasteiger partial charge in [-0.1, -0.05) is 12.1 Å². The van der Waals surface area contributed by atoms with Crippen molar-refractivity contribution in [1.29, 1.82) is 0 Å². The van der Waals surface area contributed by atoms with Gasteiger partial charge in [0.2, 0.25) is 5.88 Å². The Bertz CT molecular complexity index is 503. The monoisotopic (exact) mass is 229 g/mol. The molecule has 2 heterocycles. The summed E-state index contributed by atoms with van der Waals surface area (Å²) >= 11 is 0. The minimum Gasteiger partial charge on any atom is -0.472 e. The molecule has 4 nitrogen and oxygen atoms in total. The third-order valence-corrected chi connectivity index (χ3v) is 3.04. The van der Waals surface area contributed by atoms with Crippen LogP contribution in [0.3, 0.4) is 0 Å². The second-order valence-corrected chi connectivity index (χ2v) is 4.28. The van der Waals surface area contributed by atoms with Crippen LogP contribution in [0.25, 0.3) is 10.9 Å². The van der Waals surface area contributed by atoms with Crippen LogP contribution in [-0.2, 0) is 0 Å². The van der Waals surface area contributed by atoms with Gasteiger partial charge in [0.25, 0.3) is 0 Å². The molecule has 1 N–H and O–H groups in total. The highest BCUT2D eigenvalue weighted by atomic mass is 16.5. The SMILES string of the molecule is c1ccc2c(O[C@H]3CCCNC3)ncnc2c1. The van der Waals surface area contributed by atoms with Crippen LogP contribution >= 0.6 is 0 Å². The van der Waals surface area contributed by atoms with Crippen LogP contribution < -0.4 is 10.1 Å². The molecule has 1 saturated heterocycles. The lowest BCUT2D eigenvalue weighted by Gasteiger charge is -2.23. The van der Waals surface area contributed by atoms with Crippen LogP contribution in [0.5, 0.6) is 5.88 Å². The van der Waals surface area contributed by atoms with Gasteiger partial charge >= 0.3 is 0 Å². The van der Waals surface area contributed by atoms with Gasteiger partial charge in [0.1, 0.15) is 12.4 Å². The van der Waals surface area contributed by atoms with Crippen molar-refractivity contribution in [2.75, 3.05) is 13.1 Å². The van der Waals surface area contributed by atoms with Crippen molar-refractivity contribution in [2.24, 2.45) is 0 Å². The summed E-state index contributed by atoms with van der Waals surface area (Å²) in [6, 6.07) is 7.93. The summed E-state index contributed by atoms with van der Waals surface area (Å²) in [4.78, 5) is 8.47. The predicted octanol–water partition coefficient (Wildman–Crippen LogP) is 1.76. The number of aromatic nitrogens is 2. The molecule has 1 aliphatic heterocycles. The molecule has 0 saturated carbocycles. The molecule has 88 valence electrons. The molecule has 4 heteroatoms. The molecule has 0 amide bonds. The molecule has 2 aromatic rings. The van der Waals surface area contributed by atoms with Crippen molar-refractivity contribution >= 4 is 10.9 Å². The molecule has 0 bridgehead atoms. The Labute approximate surface area is 100 Å². The van der Waals surface area contributed by atoms with E-state index < -0.39 is 0 Å². The van der Waals surface area contributed by atoms with Gasteiger partial charge in [-0.15, -0.1) is 0 Å². The average Bonchev–Trinajstić information content (AvgIpc) is 2.40. The van der Waals surface area contributed by atoms with E-state index in [0.717, 1.165) is 36.8 Å². The number of nitrogens with zero attached hydrogens (tertiary/aromatic N) is 2. The summed E-state index contributed by atoms with van der Waals surface area (Å²) < 4.78 is 5.95. The highest BCUT2D eigenvalue weighted by Crippen LogP contribution is 2.22. The molecular formula is C13H15N3O. The van der Waals surface area contributed by atoms with Gasteiger partial charge in [0.05, 0.1) is 10.9 Å². The Kier molecular flexibility index (Phi) is 2.88. The lowest BCUT2D eigenvalue weighted by Crippen LogP contribution is -2.37. The minimum atomic E-state index is 0.224. The lowest BCUT2D eigenvalue weighted by molar-refractivity contribution is 0.162. The Hall–Kier alpha value is -1.68. The summed E-state index contributed by atoms with van der Waals surface area (Å²) in [5, 5.41) is 4.32. The maximum Gasteiger partial charge on any atom is 0.224 e. The van der Waals surface area contributed by atoms with Crippen molar-refractivity contribution in [3.63, 3.8) is 0 Å². The zero-order chi connectivity index (χ0) is 11.5. The summed E-state index contributed by atoms with van der Waals surface area (Å²) in [7, 11) is 0. The van der Waals surface area contributed by atoms with E-state index in [0.29, 0.717) is 5.88 Å². The van der Waals surface area contributed by atoms with E-state index >= 15 is 0 Å². The number of hydrogen-bond donors (Lipinski definition) is 1. The van der Waals surface area contributed by atoms with E-state index in [1.807, 2.05) is 24.3 Å². The third kappa shape index (κ3) is 2.22. The second kappa shape index (κ2) is 4.67. The predicted molar refractivity (Wildman–Crippen MR) is 66.1 cm³/mol. The Morgan fingerprint density at radius 3 is 3.06 bits per heavy atom. The van der Waals surface area contributed by atoms with Crippen LogP contribution in [0.15, 0.2) is 30.6 Å². The molecule has 1 atom stereocenters. The number of para-hydroxylation sites is 1. The maximum atomic E-state index is 5.95. The van der Waals surface area contributed by atoms with E-state index in [-0.39, 0.29) is 6.10 Å². The van der Waals surface area contributed by atoms with Gasteiger partial charge in [-0.25, -0.2) is 9.97 Å². The summed E-state index contributed by atoms with van der Waals surface area (Å²) in [6.07, 6.45) is 4.04. The van der Waals surface area contributed by atoms with Gasteiger partial charge in [0.15, 0.2) is 0 Å². The smallest absolute Gasteiger partial charge is 0.224 e. The molecule has 1 aromatic carbocycles. The first-order valence-electron chi connectivity index (χ1n) is 6.00. The van der Waals surface area contributed by atoms with E-state index in [1.165, 1.54) is 0 Å². The summed E-state index contributed by atoms with van der Waals surface area (Å²) in [5.41, 5.74) is 0.932. The van der Waals surface area contributed by atoms with Crippen LogP contribution in [0.1, 0.15) is 12.8 Å². The number of rotatable bonds is 2. The van der Waals surface area contributed by atoms with Crippen molar-refractivity contribution < 1.29 is 4.74 Å². The number of piperidine rings is 1. The highest BCUT2D eigenvalue weighted by molar-refractivity contribution is 5.82. The molecule has 3 rings (SSSR count). The minimum absolute atomic E-state index is 0.224. The second-order valence-electron chi connectivity index (χ2n) is 4.28. The molecule has 1 aromatic heterocycles. The fraction of sp³-hybridized carbons (Fsp3) is 0.385. The average molecular weight is 229 g/mol. The van der Waals surface area contributed by atoms with Crippen LogP contribution in [-0.4, -0.2) is 29.2 Å². The molecular weight excluding hydrogens is 214 g/mol. The fourth-order valence-corrected chi connectivity index (χ4v) is 2.15. The number of benzene rings is 1. The molecule has 17 heavy (non-hydrogen) atoms. The largest absolute Gasteiger partial charge is 0.472 e. The van der Waals surface area contributed by atoms with Gasteiger partial charge in [0, 0.05) is 6.54 Å². The Balaban J connectivity index is 1.89. The Morgan fingerprint density at radius 1 is 1.24 bits per heavy atom. The normalized spacial score (nSPS) is 20.4. The molecule has 1 fully saturated rings. The van der Waals surface area contributed by atoms with E-state index in [4.69, 9.17) is 4.74 Å². The molecule has 0 unspecified atom stereocenters. The van der Waals surface area contributed by atoms with Gasteiger partial charge in [-0.3, -0.25) is 0 Å². The lowest BCUT2D eigenvalue weighted by atomic mass is 10.1. The number of fused-ring (bicyclic) bond motifs is 1. The Morgan fingerprint density at radius 2 is 2.18 bits per heavy atom.